The van der Waals surface area contributed by atoms with Crippen LogP contribution in [0.3, 0.4) is 0 Å². The van der Waals surface area contributed by atoms with E-state index in [1.165, 1.54) is 22.8 Å². The van der Waals surface area contributed by atoms with Gasteiger partial charge in [0.1, 0.15) is 11.6 Å². The molecule has 0 saturated carbocycles. The van der Waals surface area contributed by atoms with Gasteiger partial charge >= 0.3 is 6.18 Å². The molecule has 0 amide bonds. The fourth-order valence-corrected chi connectivity index (χ4v) is 3.38. The molecule has 0 unspecified atom stereocenters. The second-order valence-corrected chi connectivity index (χ2v) is 6.94. The van der Waals surface area contributed by atoms with Gasteiger partial charge in [0.05, 0.1) is 17.6 Å². The van der Waals surface area contributed by atoms with E-state index in [0.717, 1.165) is 0 Å². The molecule has 1 saturated heterocycles. The van der Waals surface area contributed by atoms with E-state index in [1.807, 2.05) is 0 Å². The molecule has 3 heterocycles. The van der Waals surface area contributed by atoms with Crippen LogP contribution in [-0.2, 0) is 4.74 Å². The third-order valence-corrected chi connectivity index (χ3v) is 4.82. The summed E-state index contributed by atoms with van der Waals surface area (Å²) < 4.78 is 48.7. The molecule has 158 valence electrons. The first-order valence-electron chi connectivity index (χ1n) is 9.41. The number of hydrogen-bond donors (Lipinski definition) is 1. The molecular weight excluding hydrogens is 401 g/mol. The lowest BCUT2D eigenvalue weighted by Crippen LogP contribution is -2.27. The maximum Gasteiger partial charge on any atom is 0.422 e. The van der Waals surface area contributed by atoms with Gasteiger partial charge < -0.3 is 9.47 Å². The zero-order valence-corrected chi connectivity index (χ0v) is 15.9. The van der Waals surface area contributed by atoms with Gasteiger partial charge in [-0.05, 0) is 37.1 Å². The Balaban J connectivity index is 1.72. The number of H-pyrrole nitrogens is 1. The Morgan fingerprint density at radius 2 is 1.93 bits per heavy atom. The predicted octanol–water partition coefficient (Wildman–Crippen LogP) is 3.46. The third kappa shape index (κ3) is 4.54. The molecule has 7 nitrogen and oxygen atoms in total. The number of ether oxygens (including phenoxy) is 2. The maximum atomic E-state index is 13.0. The quantitative estimate of drug-likeness (QED) is 0.684. The summed E-state index contributed by atoms with van der Waals surface area (Å²) in [5.41, 5.74) is 1.43. The summed E-state index contributed by atoms with van der Waals surface area (Å²) in [4.78, 5) is 17.8. The minimum absolute atomic E-state index is 0.0134. The molecule has 1 aliphatic heterocycles. The van der Waals surface area contributed by atoms with Gasteiger partial charge in [0.15, 0.2) is 6.61 Å². The van der Waals surface area contributed by atoms with E-state index in [2.05, 4.69) is 10.2 Å². The summed E-state index contributed by atoms with van der Waals surface area (Å²) in [5.74, 6) is 0.671. The van der Waals surface area contributed by atoms with Gasteiger partial charge in [0.2, 0.25) is 0 Å². The Morgan fingerprint density at radius 1 is 1.20 bits per heavy atom. The number of nitrogens with one attached hydrogen (secondary N) is 1. The lowest BCUT2D eigenvalue weighted by atomic mass is 9.98. The second kappa shape index (κ2) is 8.31. The average Bonchev–Trinajstić information content (AvgIpc) is 3.27. The molecule has 10 heteroatoms. The molecule has 0 aliphatic carbocycles. The van der Waals surface area contributed by atoms with Crippen molar-refractivity contribution in [1.29, 1.82) is 0 Å². The number of aromatic nitrogens is 4. The molecule has 1 aromatic carbocycles. The van der Waals surface area contributed by atoms with Crippen LogP contribution in [0.2, 0.25) is 0 Å². The largest absolute Gasteiger partial charge is 0.484 e. The molecule has 1 N–H and O–H groups in total. The number of hydrogen-bond acceptors (Lipinski definition) is 5. The molecule has 0 spiro atoms. The fraction of sp³-hybridized carbons (Fsp3) is 0.350. The van der Waals surface area contributed by atoms with E-state index in [4.69, 9.17) is 14.5 Å². The first-order valence-corrected chi connectivity index (χ1v) is 9.41. The minimum atomic E-state index is -4.42. The molecule has 0 bridgehead atoms. The Labute approximate surface area is 169 Å². The summed E-state index contributed by atoms with van der Waals surface area (Å²) in [6, 6.07) is 7.34. The van der Waals surface area contributed by atoms with Crippen LogP contribution in [0.5, 0.6) is 5.75 Å². The highest BCUT2D eigenvalue weighted by molar-refractivity contribution is 5.56. The number of benzene rings is 1. The summed E-state index contributed by atoms with van der Waals surface area (Å²) in [5, 5.41) is 6.62. The van der Waals surface area contributed by atoms with Crippen molar-refractivity contribution in [2.45, 2.75) is 24.9 Å². The van der Waals surface area contributed by atoms with Gasteiger partial charge in [-0.15, -0.1) is 0 Å². The molecule has 30 heavy (non-hydrogen) atoms. The van der Waals surface area contributed by atoms with Crippen LogP contribution in [-0.4, -0.2) is 45.7 Å². The number of aromatic amines is 1. The standard InChI is InChI=1S/C20H19F3N4O3/c21-20(22,23)12-30-16-3-1-15(2-4-16)27-18(28)9-17(14-10-24-25-11-14)26-19(27)13-5-7-29-8-6-13/h1-4,9-11,13H,5-8,12H2,(H,24,25). The van der Waals surface area contributed by atoms with Crippen LogP contribution in [0.4, 0.5) is 13.2 Å². The highest BCUT2D eigenvalue weighted by Gasteiger charge is 2.28. The van der Waals surface area contributed by atoms with E-state index in [0.29, 0.717) is 48.8 Å². The van der Waals surface area contributed by atoms with Crippen molar-refractivity contribution in [3.8, 4) is 22.7 Å². The number of halogens is 3. The van der Waals surface area contributed by atoms with Crippen molar-refractivity contribution in [1.82, 2.24) is 19.7 Å². The van der Waals surface area contributed by atoms with Crippen molar-refractivity contribution in [3.63, 3.8) is 0 Å². The van der Waals surface area contributed by atoms with E-state index >= 15 is 0 Å². The van der Waals surface area contributed by atoms with Crippen LogP contribution >= 0.6 is 0 Å². The predicted molar refractivity (Wildman–Crippen MR) is 102 cm³/mol. The van der Waals surface area contributed by atoms with Gasteiger partial charge in [-0.3, -0.25) is 14.5 Å². The van der Waals surface area contributed by atoms with Crippen molar-refractivity contribution >= 4 is 0 Å². The van der Waals surface area contributed by atoms with Crippen LogP contribution in [0.25, 0.3) is 16.9 Å². The first-order chi connectivity index (χ1) is 14.4. The van der Waals surface area contributed by atoms with Crippen molar-refractivity contribution < 1.29 is 22.6 Å². The Kier molecular flexibility index (Phi) is 5.58. The smallest absolute Gasteiger partial charge is 0.422 e. The van der Waals surface area contributed by atoms with Gasteiger partial charge in [0, 0.05) is 37.0 Å². The Bertz CT molecular complexity index is 1040. The fourth-order valence-electron chi connectivity index (χ4n) is 3.38. The molecular formula is C20H19F3N4O3. The number of alkyl halides is 3. The lowest BCUT2D eigenvalue weighted by molar-refractivity contribution is -0.153. The molecule has 1 fully saturated rings. The highest BCUT2D eigenvalue weighted by atomic mass is 19.4. The zero-order chi connectivity index (χ0) is 21.1. The van der Waals surface area contributed by atoms with E-state index < -0.39 is 12.8 Å². The van der Waals surface area contributed by atoms with Crippen LogP contribution in [0.1, 0.15) is 24.6 Å². The van der Waals surface area contributed by atoms with Gasteiger partial charge in [0.25, 0.3) is 5.56 Å². The van der Waals surface area contributed by atoms with Gasteiger partial charge in [-0.25, -0.2) is 4.98 Å². The van der Waals surface area contributed by atoms with Crippen LogP contribution < -0.4 is 10.3 Å². The summed E-state index contributed by atoms with van der Waals surface area (Å²) >= 11 is 0. The van der Waals surface area contributed by atoms with E-state index in [1.54, 1.807) is 24.5 Å². The molecule has 1 aliphatic rings. The summed E-state index contributed by atoms with van der Waals surface area (Å²) in [6.45, 7) is -0.234. The highest BCUT2D eigenvalue weighted by Crippen LogP contribution is 2.29. The summed E-state index contributed by atoms with van der Waals surface area (Å²) in [7, 11) is 0. The Morgan fingerprint density at radius 3 is 2.57 bits per heavy atom. The van der Waals surface area contributed by atoms with Crippen molar-refractivity contribution in [2.75, 3.05) is 19.8 Å². The lowest BCUT2D eigenvalue weighted by Gasteiger charge is -2.25. The molecule has 0 radical (unpaired) electrons. The van der Waals surface area contributed by atoms with Gasteiger partial charge in [-0.1, -0.05) is 0 Å². The SMILES string of the molecule is O=c1cc(-c2cn[nH]c2)nc(C2CCOCC2)n1-c1ccc(OCC(F)(F)F)cc1. The summed E-state index contributed by atoms with van der Waals surface area (Å²) in [6.07, 6.45) is 0.264. The second-order valence-electron chi connectivity index (χ2n) is 6.94. The molecule has 0 atom stereocenters. The van der Waals surface area contributed by atoms with E-state index in [9.17, 15) is 18.0 Å². The topological polar surface area (TPSA) is 82.0 Å². The maximum absolute atomic E-state index is 13.0. The van der Waals surface area contributed by atoms with Crippen LogP contribution in [0, 0.1) is 0 Å². The number of rotatable bonds is 5. The van der Waals surface area contributed by atoms with Crippen molar-refractivity contribution in [2.24, 2.45) is 0 Å². The number of nitrogens with zero attached hydrogens (tertiary/aromatic N) is 3. The van der Waals surface area contributed by atoms with Crippen LogP contribution in [0.15, 0.2) is 47.5 Å². The Hall–Kier alpha value is -3.14. The van der Waals surface area contributed by atoms with Gasteiger partial charge in [-0.2, -0.15) is 18.3 Å². The first kappa shape index (κ1) is 20.1. The monoisotopic (exact) mass is 420 g/mol. The zero-order valence-electron chi connectivity index (χ0n) is 15.9. The molecule has 2 aromatic heterocycles. The molecule has 3 aromatic rings. The molecule has 4 rings (SSSR count). The van der Waals surface area contributed by atoms with E-state index in [-0.39, 0.29) is 17.2 Å². The van der Waals surface area contributed by atoms with Crippen molar-refractivity contribution in [3.05, 3.63) is 58.9 Å². The third-order valence-electron chi connectivity index (χ3n) is 4.82. The minimum Gasteiger partial charge on any atom is -0.484 e. The normalized spacial score (nSPS) is 15.3. The average molecular weight is 420 g/mol.